The maximum atomic E-state index is 13.9. The van der Waals surface area contributed by atoms with Gasteiger partial charge in [-0.05, 0) is 49.1 Å². The zero-order valence-electron chi connectivity index (χ0n) is 21.6. The third-order valence-electron chi connectivity index (χ3n) is 7.64. The lowest BCUT2D eigenvalue weighted by Crippen LogP contribution is -2.48. The molecule has 4 aromatic rings. The molecule has 0 radical (unpaired) electrons. The fraction of sp³-hybridized carbons (Fsp3) is 0.258. The molecule has 3 heterocycles. The van der Waals surface area contributed by atoms with Gasteiger partial charge in [-0.25, -0.2) is 0 Å². The van der Waals surface area contributed by atoms with Gasteiger partial charge in [-0.3, -0.25) is 19.6 Å². The molecule has 39 heavy (non-hydrogen) atoms. The third kappa shape index (κ3) is 4.91. The van der Waals surface area contributed by atoms with Gasteiger partial charge in [0.1, 0.15) is 6.23 Å². The predicted octanol–water partition coefficient (Wildman–Crippen LogP) is 4.23. The lowest BCUT2D eigenvalue weighted by atomic mass is 9.97. The van der Waals surface area contributed by atoms with E-state index in [2.05, 4.69) is 16.3 Å². The minimum Gasteiger partial charge on any atom is -0.373 e. The van der Waals surface area contributed by atoms with Crippen LogP contribution in [0.5, 0.6) is 0 Å². The molecule has 1 aromatic heterocycles. The third-order valence-corrected chi connectivity index (χ3v) is 7.64. The van der Waals surface area contributed by atoms with Gasteiger partial charge in [-0.15, -0.1) is 0 Å². The summed E-state index contributed by atoms with van der Waals surface area (Å²) in [4.78, 5) is 32.6. The molecule has 0 spiro atoms. The molecule has 3 aromatic carbocycles. The van der Waals surface area contributed by atoms with Crippen molar-refractivity contribution in [2.24, 2.45) is 5.92 Å². The zero-order valence-corrected chi connectivity index (χ0v) is 21.6. The Hall–Kier alpha value is -4.43. The van der Waals surface area contributed by atoms with Crippen molar-refractivity contribution in [3.05, 3.63) is 103 Å². The van der Waals surface area contributed by atoms with Crippen molar-refractivity contribution in [3.8, 4) is 0 Å². The van der Waals surface area contributed by atoms with Crippen molar-refractivity contribution in [1.29, 1.82) is 0 Å². The summed E-state index contributed by atoms with van der Waals surface area (Å²) >= 11 is 0. The molecule has 2 aliphatic rings. The Balaban J connectivity index is 1.32. The van der Waals surface area contributed by atoms with E-state index in [0.29, 0.717) is 12.2 Å². The first-order valence-electron chi connectivity index (χ1n) is 13.4. The van der Waals surface area contributed by atoms with E-state index in [1.54, 1.807) is 22.2 Å². The van der Waals surface area contributed by atoms with E-state index in [-0.39, 0.29) is 24.8 Å². The van der Waals surface area contributed by atoms with Crippen LogP contribution < -0.4 is 9.80 Å². The van der Waals surface area contributed by atoms with Crippen LogP contribution in [-0.2, 0) is 22.4 Å². The van der Waals surface area contributed by atoms with Crippen LogP contribution >= 0.6 is 0 Å². The Labute approximate surface area is 227 Å². The molecule has 0 bridgehead atoms. The monoisotopic (exact) mass is 521 g/mol. The molecule has 2 atom stereocenters. The van der Waals surface area contributed by atoms with Crippen molar-refractivity contribution in [3.63, 3.8) is 0 Å². The van der Waals surface area contributed by atoms with E-state index in [1.165, 1.54) is 0 Å². The number of hydrogen-bond donors (Lipinski definition) is 2. The van der Waals surface area contributed by atoms with Crippen molar-refractivity contribution >= 4 is 34.1 Å². The first-order chi connectivity index (χ1) is 19.1. The summed E-state index contributed by atoms with van der Waals surface area (Å²) in [7, 11) is 0. The summed E-state index contributed by atoms with van der Waals surface area (Å²) < 4.78 is 0. The molecule has 2 aliphatic heterocycles. The number of aryl methyl sites for hydroxylation is 1. The number of nitrogens with zero attached hydrogens (tertiary/aromatic N) is 4. The summed E-state index contributed by atoms with van der Waals surface area (Å²) in [6, 6.07) is 25.0. The highest BCUT2D eigenvalue weighted by Crippen LogP contribution is 2.30. The molecular formula is C31H31N5O3. The zero-order chi connectivity index (χ0) is 26.8. The number of H-pyrrole nitrogens is 1. The van der Waals surface area contributed by atoms with Crippen LogP contribution in [0.1, 0.15) is 24.1 Å². The van der Waals surface area contributed by atoms with Crippen molar-refractivity contribution in [2.75, 3.05) is 22.9 Å². The molecule has 2 amide bonds. The maximum absolute atomic E-state index is 13.9. The minimum atomic E-state index is -1.21. The number of amides is 2. The van der Waals surface area contributed by atoms with Gasteiger partial charge in [0.25, 0.3) is 0 Å². The fourth-order valence-electron chi connectivity index (χ4n) is 5.57. The van der Waals surface area contributed by atoms with Crippen LogP contribution in [0.2, 0.25) is 0 Å². The van der Waals surface area contributed by atoms with Crippen LogP contribution in [0.15, 0.2) is 91.3 Å². The molecule has 8 heteroatoms. The highest BCUT2D eigenvalue weighted by Gasteiger charge is 2.38. The predicted molar refractivity (Wildman–Crippen MR) is 151 cm³/mol. The average molecular weight is 522 g/mol. The molecule has 8 nitrogen and oxygen atoms in total. The molecule has 2 unspecified atom stereocenters. The normalized spacial score (nSPS) is 19.6. The number of nitrogens with one attached hydrogen (secondary N) is 1. The molecule has 0 saturated carbocycles. The maximum Gasteiger partial charge on any atom is 0.246 e. The standard InChI is InChI=1S/C31H31N5O3/c37-29(36-17-9-8-11-22-10-4-7-16-28(22)36)21-34-18-19-35(23-12-2-1-3-13-23)31(39)25(30(34)38)20-27-24-14-5-6-15-26(24)32-33-27/h1-7,10,12-16,18-19,25,30,38H,8-9,11,17,20-21H2,(H,32,33). The lowest BCUT2D eigenvalue weighted by Gasteiger charge is -2.32. The van der Waals surface area contributed by atoms with E-state index in [9.17, 15) is 14.7 Å². The van der Waals surface area contributed by atoms with Crippen molar-refractivity contribution in [1.82, 2.24) is 15.1 Å². The molecule has 0 saturated heterocycles. The van der Waals surface area contributed by atoms with Crippen LogP contribution in [0, 0.1) is 5.92 Å². The fourth-order valence-corrected chi connectivity index (χ4v) is 5.57. The first-order valence-corrected chi connectivity index (χ1v) is 13.4. The van der Waals surface area contributed by atoms with Gasteiger partial charge in [-0.2, -0.15) is 5.10 Å². The summed E-state index contributed by atoms with van der Waals surface area (Å²) in [5.41, 5.74) is 4.35. The Morgan fingerprint density at radius 3 is 2.59 bits per heavy atom. The summed E-state index contributed by atoms with van der Waals surface area (Å²) in [6.45, 7) is 0.574. The Morgan fingerprint density at radius 2 is 1.72 bits per heavy atom. The highest BCUT2D eigenvalue weighted by molar-refractivity contribution is 5.99. The Bertz CT molecular complexity index is 1510. The number of anilines is 2. The van der Waals surface area contributed by atoms with Gasteiger partial charge < -0.3 is 14.9 Å². The van der Waals surface area contributed by atoms with Crippen LogP contribution in [0.25, 0.3) is 10.9 Å². The Kier molecular flexibility index (Phi) is 6.85. The number of fused-ring (bicyclic) bond motifs is 2. The molecule has 198 valence electrons. The minimum absolute atomic E-state index is 0.0534. The van der Waals surface area contributed by atoms with Crippen molar-refractivity contribution in [2.45, 2.75) is 31.9 Å². The van der Waals surface area contributed by atoms with E-state index in [0.717, 1.165) is 47.1 Å². The van der Waals surface area contributed by atoms with E-state index < -0.39 is 12.1 Å². The van der Waals surface area contributed by atoms with E-state index in [4.69, 9.17) is 0 Å². The van der Waals surface area contributed by atoms with Gasteiger partial charge in [0.05, 0.1) is 18.0 Å². The number of para-hydroxylation sites is 3. The first kappa shape index (κ1) is 24.9. The Morgan fingerprint density at radius 1 is 0.949 bits per heavy atom. The highest BCUT2D eigenvalue weighted by atomic mass is 16.3. The van der Waals surface area contributed by atoms with Gasteiger partial charge in [-0.1, -0.05) is 54.6 Å². The lowest BCUT2D eigenvalue weighted by molar-refractivity contribution is -0.132. The summed E-state index contributed by atoms with van der Waals surface area (Å²) in [6.07, 6.45) is 5.20. The topological polar surface area (TPSA) is 92.8 Å². The SMILES string of the molecule is O=C1C(Cc2[nH]nc3ccccc23)C(O)N(CC(=O)N2CCCCc3ccccc32)C=CN1c1ccccc1. The molecule has 0 aliphatic carbocycles. The molecular weight excluding hydrogens is 490 g/mol. The van der Waals surface area contributed by atoms with E-state index >= 15 is 0 Å². The summed E-state index contributed by atoms with van der Waals surface area (Å²) in [5, 5.41) is 20.0. The smallest absolute Gasteiger partial charge is 0.246 e. The molecule has 2 N–H and O–H groups in total. The van der Waals surface area contributed by atoms with Crippen LogP contribution in [-0.4, -0.2) is 51.3 Å². The number of hydrogen-bond acceptors (Lipinski definition) is 5. The van der Waals surface area contributed by atoms with Gasteiger partial charge in [0, 0.05) is 47.8 Å². The van der Waals surface area contributed by atoms with Crippen molar-refractivity contribution < 1.29 is 14.7 Å². The second-order valence-electron chi connectivity index (χ2n) is 10.1. The number of carbonyl (C=O) groups excluding carboxylic acids is 2. The number of benzene rings is 3. The number of aromatic amines is 1. The number of rotatable bonds is 5. The second kappa shape index (κ2) is 10.7. The summed E-state index contributed by atoms with van der Waals surface area (Å²) in [5.74, 6) is -1.20. The van der Waals surface area contributed by atoms with Gasteiger partial charge in [0.2, 0.25) is 11.8 Å². The number of aliphatic hydroxyl groups is 1. The van der Waals surface area contributed by atoms with Crippen LogP contribution in [0.4, 0.5) is 11.4 Å². The van der Waals surface area contributed by atoms with Crippen LogP contribution in [0.3, 0.4) is 0 Å². The number of aliphatic hydroxyl groups excluding tert-OH is 1. The molecule has 6 rings (SSSR count). The number of carbonyl (C=O) groups is 2. The average Bonchev–Trinajstić information content (AvgIpc) is 3.19. The quantitative estimate of drug-likeness (QED) is 0.410. The second-order valence-corrected chi connectivity index (χ2v) is 10.1. The molecule has 0 fully saturated rings. The van der Waals surface area contributed by atoms with Gasteiger partial charge in [0.15, 0.2) is 0 Å². The van der Waals surface area contributed by atoms with Gasteiger partial charge >= 0.3 is 0 Å². The largest absolute Gasteiger partial charge is 0.373 e. The van der Waals surface area contributed by atoms with E-state index in [1.807, 2.05) is 77.7 Å². The number of aromatic nitrogens is 2.